The van der Waals surface area contributed by atoms with E-state index in [1.54, 1.807) is 0 Å². The van der Waals surface area contributed by atoms with E-state index >= 15 is 0 Å². The van der Waals surface area contributed by atoms with Crippen LogP contribution in [0.5, 0.6) is 0 Å². The van der Waals surface area contributed by atoms with Crippen molar-refractivity contribution in [1.29, 1.82) is 0 Å². The summed E-state index contributed by atoms with van der Waals surface area (Å²) < 4.78 is 3.28. The quantitative estimate of drug-likeness (QED) is 0.536. The smallest absolute Gasteiger partial charge is 0.174 e. The first-order chi connectivity index (χ1) is 6.68. The summed E-state index contributed by atoms with van der Waals surface area (Å²) in [6.45, 7) is 0.280. The summed E-state index contributed by atoms with van der Waals surface area (Å²) in [7, 11) is 0. The zero-order valence-electron chi connectivity index (χ0n) is 7.66. The van der Waals surface area contributed by atoms with E-state index in [1.165, 1.54) is 22.8 Å². The molecule has 0 aromatic carbocycles. The van der Waals surface area contributed by atoms with Crippen LogP contribution in [0.3, 0.4) is 0 Å². The second kappa shape index (κ2) is 9.42. The van der Waals surface area contributed by atoms with E-state index in [-0.39, 0.29) is 26.4 Å². The second-order valence-electron chi connectivity index (χ2n) is 2.12. The van der Waals surface area contributed by atoms with Gasteiger partial charge in [0.05, 0.1) is 26.4 Å². The molecule has 0 saturated heterocycles. The summed E-state index contributed by atoms with van der Waals surface area (Å²) in [6.07, 6.45) is 0. The van der Waals surface area contributed by atoms with E-state index in [9.17, 15) is 0 Å². The predicted molar refractivity (Wildman–Crippen MR) is 66.4 cm³/mol. The van der Waals surface area contributed by atoms with E-state index in [4.69, 9.17) is 31.7 Å². The lowest BCUT2D eigenvalue weighted by atomic mass is 10.8. The monoisotopic (exact) mass is 278 g/mol. The summed E-state index contributed by atoms with van der Waals surface area (Å²) in [6, 6.07) is 0. The van der Waals surface area contributed by atoms with Gasteiger partial charge in [-0.3, -0.25) is 0 Å². The largest absolute Gasteiger partial charge is 0.396 e. The predicted octanol–water partition coefficient (Wildman–Crippen LogP) is 0.671. The van der Waals surface area contributed by atoms with Crippen molar-refractivity contribution in [3.63, 3.8) is 0 Å². The third-order valence-corrected chi connectivity index (χ3v) is 10.6. The topological polar surface area (TPSA) is 69.9 Å². The molecule has 0 saturated carbocycles. The maximum Gasteiger partial charge on any atom is 0.174 e. The molecule has 3 N–H and O–H groups in total. The number of aliphatic hydroxyl groups is 3. The maximum absolute atomic E-state index is 8.67. The first-order valence-corrected chi connectivity index (χ1v) is 9.95. The van der Waals surface area contributed by atoms with Crippen LogP contribution in [-0.2, 0) is 16.3 Å². The molecule has 0 fully saturated rings. The van der Waals surface area contributed by atoms with Gasteiger partial charge < -0.3 is 19.8 Å². The zero-order chi connectivity index (χ0) is 10.9. The minimum Gasteiger partial charge on any atom is -0.396 e. The number of aliphatic hydroxyl groups excluding tert-OH is 3. The SMILES string of the molecule is OCCOP(=S)(SCCO)SCCO. The van der Waals surface area contributed by atoms with Crippen LogP contribution in [0.4, 0.5) is 0 Å². The van der Waals surface area contributed by atoms with Gasteiger partial charge in [-0.05, 0) is 11.8 Å². The fourth-order valence-electron chi connectivity index (χ4n) is 0.570. The molecule has 0 aliphatic carbocycles. The van der Waals surface area contributed by atoms with Gasteiger partial charge >= 0.3 is 0 Å². The van der Waals surface area contributed by atoms with E-state index in [2.05, 4.69) is 0 Å². The van der Waals surface area contributed by atoms with E-state index < -0.39 is 4.67 Å². The zero-order valence-corrected chi connectivity index (χ0v) is 11.0. The number of rotatable bonds is 9. The Morgan fingerprint density at radius 3 is 1.86 bits per heavy atom. The molecule has 0 rings (SSSR count). The highest BCUT2D eigenvalue weighted by molar-refractivity contribution is 8.99. The Labute approximate surface area is 97.0 Å². The van der Waals surface area contributed by atoms with Gasteiger partial charge in [0.1, 0.15) is 0 Å². The average molecular weight is 278 g/mol. The fourth-order valence-corrected chi connectivity index (χ4v) is 8.24. The molecule has 4 nitrogen and oxygen atoms in total. The maximum atomic E-state index is 8.67. The Kier molecular flexibility index (Phi) is 10.2. The van der Waals surface area contributed by atoms with Gasteiger partial charge in [0.25, 0.3) is 0 Å². The summed E-state index contributed by atoms with van der Waals surface area (Å²) in [4.78, 5) is 0. The molecular weight excluding hydrogens is 263 g/mol. The van der Waals surface area contributed by atoms with Crippen molar-refractivity contribution < 1.29 is 19.8 Å². The lowest BCUT2D eigenvalue weighted by Crippen LogP contribution is -1.97. The molecule has 86 valence electrons. The van der Waals surface area contributed by atoms with Crippen molar-refractivity contribution in [3.8, 4) is 0 Å². The van der Waals surface area contributed by atoms with Crippen LogP contribution in [-0.4, -0.2) is 53.3 Å². The highest BCUT2D eigenvalue weighted by Crippen LogP contribution is 2.69. The van der Waals surface area contributed by atoms with Crippen LogP contribution in [0.25, 0.3) is 0 Å². The minimum atomic E-state index is -2.08. The molecule has 0 aliphatic rings. The Morgan fingerprint density at radius 1 is 1.00 bits per heavy atom. The van der Waals surface area contributed by atoms with Gasteiger partial charge in [0.15, 0.2) is 4.67 Å². The highest BCUT2D eigenvalue weighted by atomic mass is 33.2. The molecule has 8 heteroatoms. The Bertz CT molecular complexity index is 152. The lowest BCUT2D eigenvalue weighted by Gasteiger charge is -2.19. The third kappa shape index (κ3) is 7.48. The van der Waals surface area contributed by atoms with Crippen molar-refractivity contribution in [2.45, 2.75) is 0 Å². The van der Waals surface area contributed by atoms with Crippen molar-refractivity contribution in [3.05, 3.63) is 0 Å². The van der Waals surface area contributed by atoms with Gasteiger partial charge in [-0.2, -0.15) is 0 Å². The Hall–Kier alpha value is 1.19. The van der Waals surface area contributed by atoms with Crippen molar-refractivity contribution >= 4 is 39.2 Å². The molecule has 0 aromatic rings. The molecule has 0 unspecified atom stereocenters. The van der Waals surface area contributed by atoms with Crippen LogP contribution in [0.15, 0.2) is 0 Å². The Morgan fingerprint density at radius 2 is 1.50 bits per heavy atom. The van der Waals surface area contributed by atoms with Crippen molar-refractivity contribution in [1.82, 2.24) is 0 Å². The highest BCUT2D eigenvalue weighted by Gasteiger charge is 2.18. The normalized spacial score (nSPS) is 11.9. The fraction of sp³-hybridized carbons (Fsp3) is 1.00. The molecule has 0 aromatic heterocycles. The van der Waals surface area contributed by atoms with Gasteiger partial charge in [-0.25, -0.2) is 0 Å². The number of hydrogen-bond donors (Lipinski definition) is 3. The van der Waals surface area contributed by atoms with Crippen LogP contribution < -0.4 is 0 Å². The van der Waals surface area contributed by atoms with Gasteiger partial charge in [-0.15, -0.1) is 0 Å². The van der Waals surface area contributed by atoms with Crippen LogP contribution in [0, 0.1) is 0 Å². The van der Waals surface area contributed by atoms with Crippen LogP contribution >= 0.6 is 27.4 Å². The lowest BCUT2D eigenvalue weighted by molar-refractivity contribution is 0.218. The minimum absolute atomic E-state index is 0.0578. The molecule has 14 heavy (non-hydrogen) atoms. The van der Waals surface area contributed by atoms with E-state index in [0.29, 0.717) is 11.5 Å². The standard InChI is InChI=1S/C6H15O4PS3/c7-1-4-10-11(12,13-5-2-8)14-6-3-9/h7-9H,1-6H2. The molecule has 0 spiro atoms. The van der Waals surface area contributed by atoms with Gasteiger partial charge in [0, 0.05) is 11.5 Å². The molecule has 0 heterocycles. The molecule has 0 bridgehead atoms. The number of hydrogen-bond acceptors (Lipinski definition) is 7. The van der Waals surface area contributed by atoms with E-state index in [1.807, 2.05) is 0 Å². The molecule has 0 amide bonds. The van der Waals surface area contributed by atoms with Crippen LogP contribution in [0.2, 0.25) is 0 Å². The van der Waals surface area contributed by atoms with E-state index in [0.717, 1.165) is 0 Å². The summed E-state index contributed by atoms with van der Waals surface area (Å²) >= 11 is 8.08. The molecule has 0 atom stereocenters. The summed E-state index contributed by atoms with van der Waals surface area (Å²) in [5.41, 5.74) is 0. The first-order valence-electron chi connectivity index (χ1n) is 4.05. The second-order valence-corrected chi connectivity index (χ2v) is 12.9. The van der Waals surface area contributed by atoms with Crippen molar-refractivity contribution in [2.24, 2.45) is 0 Å². The first kappa shape index (κ1) is 15.2. The van der Waals surface area contributed by atoms with Crippen molar-refractivity contribution in [2.75, 3.05) is 37.9 Å². The molecule has 0 aliphatic heterocycles. The summed E-state index contributed by atoms with van der Waals surface area (Å²) in [5.74, 6) is 1.06. The Balaban J connectivity index is 3.97. The van der Waals surface area contributed by atoms with Crippen LogP contribution in [0.1, 0.15) is 0 Å². The molecular formula is C6H15O4PS3. The summed E-state index contributed by atoms with van der Waals surface area (Å²) in [5, 5.41) is 25.9. The third-order valence-electron chi connectivity index (χ3n) is 1.02. The average Bonchev–Trinajstić information content (AvgIpc) is 2.21. The van der Waals surface area contributed by atoms with Gasteiger partial charge in [-0.1, -0.05) is 22.8 Å². The van der Waals surface area contributed by atoms with Gasteiger partial charge in [0.2, 0.25) is 0 Å². The molecule has 0 radical (unpaired) electrons.